The summed E-state index contributed by atoms with van der Waals surface area (Å²) in [6.45, 7) is 0. The third-order valence-electron chi connectivity index (χ3n) is 1.09. The summed E-state index contributed by atoms with van der Waals surface area (Å²) < 4.78 is 0. The molecule has 0 saturated heterocycles. The Morgan fingerprint density at radius 2 is 1.73 bits per heavy atom. The van der Waals surface area contributed by atoms with Crippen molar-refractivity contribution in [2.75, 3.05) is 0 Å². The van der Waals surface area contributed by atoms with E-state index in [1.54, 1.807) is 24.3 Å². The third kappa shape index (κ3) is 3.63. The van der Waals surface area contributed by atoms with E-state index in [-0.39, 0.29) is 29.6 Å². The van der Waals surface area contributed by atoms with Crippen LogP contribution in [0.3, 0.4) is 0 Å². The van der Waals surface area contributed by atoms with E-state index in [1.165, 1.54) is 0 Å². The predicted octanol–water partition coefficient (Wildman–Crippen LogP) is 1.97. The maximum absolute atomic E-state index is 10.5. The molecule has 53 valence electrons. The molecule has 1 radical (unpaired) electrons. The van der Waals surface area contributed by atoms with Gasteiger partial charge in [-0.15, -0.1) is 12.6 Å². The van der Waals surface area contributed by atoms with Gasteiger partial charge in [-0.2, -0.15) is 0 Å². The summed E-state index contributed by atoms with van der Waals surface area (Å²) in [6, 6.07) is 6.72. The van der Waals surface area contributed by atoms with Crippen molar-refractivity contribution in [1.82, 2.24) is 0 Å². The maximum atomic E-state index is 10.5. The number of rotatable bonds is 1. The standard InChI is InChI=1S/C7H5ClOS.Na/c8-7(9)5-1-3-6(10)4-2-5;/h1-4,10H;. The summed E-state index contributed by atoms with van der Waals surface area (Å²) in [5.41, 5.74) is 0.500. The zero-order valence-electron chi connectivity index (χ0n) is 6.04. The molecule has 0 aromatic heterocycles. The van der Waals surface area contributed by atoms with Gasteiger partial charge in [0, 0.05) is 40.0 Å². The largest absolute Gasteiger partial charge is 0.276 e. The summed E-state index contributed by atoms with van der Waals surface area (Å²) in [7, 11) is 0. The fraction of sp³-hybridized carbons (Fsp3) is 0. The van der Waals surface area contributed by atoms with Gasteiger partial charge in [-0.05, 0) is 35.9 Å². The van der Waals surface area contributed by atoms with Crippen LogP contribution in [0.25, 0.3) is 0 Å². The summed E-state index contributed by atoms with van der Waals surface area (Å²) in [5, 5.41) is -0.437. The Morgan fingerprint density at radius 3 is 2.09 bits per heavy atom. The molecule has 1 aromatic rings. The molecule has 0 N–H and O–H groups in total. The van der Waals surface area contributed by atoms with Crippen molar-refractivity contribution in [3.8, 4) is 0 Å². The Bertz CT molecular complexity index is 247. The number of carbonyl (C=O) groups is 1. The van der Waals surface area contributed by atoms with Gasteiger partial charge >= 0.3 is 0 Å². The number of hydrogen-bond donors (Lipinski definition) is 1. The van der Waals surface area contributed by atoms with Crippen LogP contribution < -0.4 is 0 Å². The van der Waals surface area contributed by atoms with Gasteiger partial charge in [0.1, 0.15) is 0 Å². The quantitative estimate of drug-likeness (QED) is 0.412. The number of halogens is 1. The molecule has 1 rings (SSSR count). The van der Waals surface area contributed by atoms with Crippen molar-refractivity contribution >= 4 is 59.0 Å². The van der Waals surface area contributed by atoms with E-state index < -0.39 is 5.24 Å². The fourth-order valence-corrected chi connectivity index (χ4v) is 0.868. The van der Waals surface area contributed by atoms with Gasteiger partial charge < -0.3 is 0 Å². The van der Waals surface area contributed by atoms with Gasteiger partial charge in [-0.3, -0.25) is 4.79 Å². The monoisotopic (exact) mass is 195 g/mol. The second kappa shape index (κ2) is 5.22. The zero-order chi connectivity index (χ0) is 7.56. The predicted molar refractivity (Wildman–Crippen MR) is 49.6 cm³/mol. The van der Waals surface area contributed by atoms with Crippen LogP contribution >= 0.6 is 24.2 Å². The molecule has 0 atom stereocenters. The normalized spacial score (nSPS) is 8.55. The van der Waals surface area contributed by atoms with Gasteiger partial charge in [0.05, 0.1) is 0 Å². The maximum Gasteiger partial charge on any atom is 0.252 e. The van der Waals surface area contributed by atoms with Crippen LogP contribution in [0.4, 0.5) is 0 Å². The molecule has 4 heteroatoms. The average Bonchev–Trinajstić information content (AvgIpc) is 1.88. The van der Waals surface area contributed by atoms with Gasteiger partial charge in [-0.1, -0.05) is 0 Å². The minimum Gasteiger partial charge on any atom is -0.276 e. The summed E-state index contributed by atoms with van der Waals surface area (Å²) in [6.07, 6.45) is 0. The van der Waals surface area contributed by atoms with Crippen LogP contribution in [-0.4, -0.2) is 34.8 Å². The molecule has 0 aliphatic heterocycles. The van der Waals surface area contributed by atoms with Gasteiger partial charge in [-0.25, -0.2) is 0 Å². The summed E-state index contributed by atoms with van der Waals surface area (Å²) >= 11 is 9.24. The fourth-order valence-electron chi connectivity index (χ4n) is 0.592. The van der Waals surface area contributed by atoms with E-state index in [9.17, 15) is 4.79 Å². The minimum atomic E-state index is -0.437. The van der Waals surface area contributed by atoms with Crippen molar-refractivity contribution < 1.29 is 4.79 Å². The number of carbonyl (C=O) groups excluding carboxylic acids is 1. The van der Waals surface area contributed by atoms with Crippen LogP contribution in [-0.2, 0) is 0 Å². The molecule has 11 heavy (non-hydrogen) atoms. The van der Waals surface area contributed by atoms with E-state index in [4.69, 9.17) is 11.6 Å². The van der Waals surface area contributed by atoms with Crippen molar-refractivity contribution in [3.63, 3.8) is 0 Å². The Hall–Kier alpha value is 0.530. The number of benzene rings is 1. The van der Waals surface area contributed by atoms with Crippen molar-refractivity contribution in [2.45, 2.75) is 4.90 Å². The Labute approximate surface area is 97.8 Å². The molecule has 0 unspecified atom stereocenters. The van der Waals surface area contributed by atoms with E-state index in [2.05, 4.69) is 12.6 Å². The van der Waals surface area contributed by atoms with Crippen LogP contribution in [0.5, 0.6) is 0 Å². The molecule has 0 saturated carbocycles. The average molecular weight is 196 g/mol. The SMILES string of the molecule is O=C(Cl)c1ccc(S)cc1.[Na]. The Morgan fingerprint density at radius 1 is 1.27 bits per heavy atom. The van der Waals surface area contributed by atoms with Crippen LogP contribution in [0.1, 0.15) is 10.4 Å². The Kier molecular flexibility index (Phi) is 5.48. The number of hydrogen-bond acceptors (Lipinski definition) is 2. The first-order valence-corrected chi connectivity index (χ1v) is 3.51. The minimum absolute atomic E-state index is 0. The molecular weight excluding hydrogens is 191 g/mol. The molecule has 0 spiro atoms. The van der Waals surface area contributed by atoms with Crippen LogP contribution in [0.15, 0.2) is 29.2 Å². The van der Waals surface area contributed by atoms with Gasteiger partial charge in [0.15, 0.2) is 0 Å². The first kappa shape index (κ1) is 11.5. The van der Waals surface area contributed by atoms with Crippen molar-refractivity contribution in [3.05, 3.63) is 29.8 Å². The first-order chi connectivity index (χ1) is 4.70. The van der Waals surface area contributed by atoms with Crippen LogP contribution in [0.2, 0.25) is 0 Å². The second-order valence-electron chi connectivity index (χ2n) is 1.82. The van der Waals surface area contributed by atoms with Crippen molar-refractivity contribution in [1.29, 1.82) is 0 Å². The third-order valence-corrected chi connectivity index (χ3v) is 1.61. The smallest absolute Gasteiger partial charge is 0.252 e. The first-order valence-electron chi connectivity index (χ1n) is 2.69. The molecule has 1 aromatic carbocycles. The van der Waals surface area contributed by atoms with E-state index in [0.717, 1.165) is 4.90 Å². The molecule has 0 aliphatic carbocycles. The topological polar surface area (TPSA) is 17.1 Å². The summed E-state index contributed by atoms with van der Waals surface area (Å²) in [5.74, 6) is 0. The summed E-state index contributed by atoms with van der Waals surface area (Å²) in [4.78, 5) is 11.3. The Balaban J connectivity index is 0.000001000. The van der Waals surface area contributed by atoms with E-state index in [1.807, 2.05) is 0 Å². The zero-order valence-corrected chi connectivity index (χ0v) is 9.69. The molecule has 1 nitrogen and oxygen atoms in total. The van der Waals surface area contributed by atoms with Gasteiger partial charge in [0.25, 0.3) is 5.24 Å². The molecular formula is C7H5ClNaOS. The van der Waals surface area contributed by atoms with E-state index >= 15 is 0 Å². The van der Waals surface area contributed by atoms with Gasteiger partial charge in [0.2, 0.25) is 0 Å². The van der Waals surface area contributed by atoms with Crippen molar-refractivity contribution in [2.24, 2.45) is 0 Å². The second-order valence-corrected chi connectivity index (χ2v) is 2.68. The van der Waals surface area contributed by atoms with E-state index in [0.29, 0.717) is 5.56 Å². The van der Waals surface area contributed by atoms with Crippen LogP contribution in [0, 0.1) is 0 Å². The molecule has 0 aliphatic rings. The number of thiol groups is 1. The molecule has 0 amide bonds. The molecule has 0 fully saturated rings. The molecule has 0 bridgehead atoms. The molecule has 0 heterocycles.